The maximum atomic E-state index is 12.0. The van der Waals surface area contributed by atoms with E-state index in [-0.39, 0.29) is 17.8 Å². The summed E-state index contributed by atoms with van der Waals surface area (Å²) in [7, 11) is 0. The highest BCUT2D eigenvalue weighted by Gasteiger charge is 2.21. The van der Waals surface area contributed by atoms with Gasteiger partial charge in [-0.05, 0) is 47.9 Å². The summed E-state index contributed by atoms with van der Waals surface area (Å²) in [4.78, 5) is 12.0. The Bertz CT molecular complexity index is 525. The highest BCUT2D eigenvalue weighted by molar-refractivity contribution is 5.85. The molecule has 3 heteroatoms. The molecular weight excluding hydrogens is 262 g/mol. The first-order valence-electron chi connectivity index (χ1n) is 7.53. The fourth-order valence-corrected chi connectivity index (χ4v) is 1.97. The van der Waals surface area contributed by atoms with Crippen molar-refractivity contribution in [3.05, 3.63) is 35.5 Å². The summed E-state index contributed by atoms with van der Waals surface area (Å²) in [6.45, 7) is 9.99. The largest absolute Gasteiger partial charge is 0.486 e. The predicted octanol–water partition coefficient (Wildman–Crippen LogP) is 3.95. The van der Waals surface area contributed by atoms with Crippen molar-refractivity contribution in [2.24, 2.45) is 11.1 Å². The van der Waals surface area contributed by atoms with Gasteiger partial charge in [-0.3, -0.25) is 4.79 Å². The van der Waals surface area contributed by atoms with Crippen LogP contribution in [0.15, 0.2) is 24.4 Å². The number of carbonyl (C=O) groups excluding carboxylic acids is 1. The summed E-state index contributed by atoms with van der Waals surface area (Å²) >= 11 is 0. The van der Waals surface area contributed by atoms with Gasteiger partial charge in [0.2, 0.25) is 0 Å². The molecule has 0 amide bonds. The van der Waals surface area contributed by atoms with Gasteiger partial charge in [-0.1, -0.05) is 40.7 Å². The van der Waals surface area contributed by atoms with Crippen LogP contribution in [0.2, 0.25) is 0 Å². The summed E-state index contributed by atoms with van der Waals surface area (Å²) in [6.07, 6.45) is 3.40. The Morgan fingerprint density at radius 3 is 2.43 bits per heavy atom. The molecule has 0 saturated carbocycles. The number of carbonyl (C=O) groups is 1. The number of Topliss-reactive ketones (excluding diaryl/α,β-unsaturated/α-hetero) is 1. The van der Waals surface area contributed by atoms with Gasteiger partial charge < -0.3 is 10.5 Å². The highest BCUT2D eigenvalue weighted by atomic mass is 16.5. The van der Waals surface area contributed by atoms with E-state index in [2.05, 4.69) is 19.9 Å². The van der Waals surface area contributed by atoms with Crippen molar-refractivity contribution in [1.29, 1.82) is 0 Å². The Morgan fingerprint density at radius 1 is 1.29 bits per heavy atom. The first-order valence-corrected chi connectivity index (χ1v) is 7.53. The number of hydrogen-bond donors (Lipinski definition) is 1. The highest BCUT2D eigenvalue weighted by Crippen LogP contribution is 2.26. The molecular formula is C18H27NO2. The molecule has 3 nitrogen and oxygen atoms in total. The molecule has 0 aliphatic rings. The van der Waals surface area contributed by atoms with Crippen LogP contribution in [0.5, 0.6) is 5.75 Å². The molecule has 1 aromatic carbocycles. The Morgan fingerprint density at radius 2 is 1.95 bits per heavy atom. The first kappa shape index (κ1) is 17.3. The van der Waals surface area contributed by atoms with Crippen molar-refractivity contribution >= 4 is 11.4 Å². The fourth-order valence-electron chi connectivity index (χ4n) is 1.97. The molecule has 0 atom stereocenters. The average molecular weight is 289 g/mol. The van der Waals surface area contributed by atoms with Crippen LogP contribution in [0.3, 0.4) is 0 Å². The van der Waals surface area contributed by atoms with Crippen LogP contribution in [0.25, 0.3) is 5.57 Å². The topological polar surface area (TPSA) is 52.3 Å². The average Bonchev–Trinajstić information content (AvgIpc) is 2.45. The molecule has 0 fully saturated rings. The van der Waals surface area contributed by atoms with Crippen LogP contribution < -0.4 is 10.5 Å². The minimum absolute atomic E-state index is 0.102. The van der Waals surface area contributed by atoms with Gasteiger partial charge in [0, 0.05) is 5.41 Å². The number of nitrogens with two attached hydrogens (primary N) is 1. The number of rotatable bonds is 6. The van der Waals surface area contributed by atoms with Crippen LogP contribution in [0, 0.1) is 5.41 Å². The van der Waals surface area contributed by atoms with E-state index in [1.165, 1.54) is 0 Å². The van der Waals surface area contributed by atoms with Gasteiger partial charge in [-0.25, -0.2) is 0 Å². The number of ketones is 1. The number of ether oxygens (including phenoxy) is 1. The van der Waals surface area contributed by atoms with Crippen LogP contribution in [-0.2, 0) is 11.2 Å². The third kappa shape index (κ3) is 4.62. The Hall–Kier alpha value is -1.77. The quantitative estimate of drug-likeness (QED) is 0.862. The van der Waals surface area contributed by atoms with E-state index < -0.39 is 0 Å². The molecule has 0 heterocycles. The van der Waals surface area contributed by atoms with Gasteiger partial charge in [0.1, 0.15) is 12.4 Å². The van der Waals surface area contributed by atoms with Crippen LogP contribution >= 0.6 is 0 Å². The molecule has 2 N–H and O–H groups in total. The van der Waals surface area contributed by atoms with E-state index in [0.29, 0.717) is 0 Å². The molecule has 116 valence electrons. The van der Waals surface area contributed by atoms with E-state index in [4.69, 9.17) is 10.5 Å². The maximum Gasteiger partial charge on any atom is 0.175 e. The molecule has 0 radical (unpaired) electrons. The van der Waals surface area contributed by atoms with Crippen molar-refractivity contribution < 1.29 is 9.53 Å². The third-order valence-corrected chi connectivity index (χ3v) is 3.59. The first-order chi connectivity index (χ1) is 9.83. The molecule has 0 unspecified atom stereocenters. The Kier molecular flexibility index (Phi) is 6.01. The van der Waals surface area contributed by atoms with Crippen molar-refractivity contribution in [2.75, 3.05) is 6.61 Å². The molecule has 0 aliphatic carbocycles. The van der Waals surface area contributed by atoms with Gasteiger partial charge in [-0.15, -0.1) is 0 Å². The molecule has 1 rings (SSSR count). The summed E-state index contributed by atoms with van der Waals surface area (Å²) < 4.78 is 5.72. The lowest BCUT2D eigenvalue weighted by molar-refractivity contribution is -0.128. The van der Waals surface area contributed by atoms with Crippen LogP contribution in [0.4, 0.5) is 0 Å². The van der Waals surface area contributed by atoms with Crippen molar-refractivity contribution in [3.8, 4) is 5.75 Å². The molecule has 0 spiro atoms. The van der Waals surface area contributed by atoms with E-state index in [9.17, 15) is 4.79 Å². The zero-order valence-corrected chi connectivity index (χ0v) is 13.8. The summed E-state index contributed by atoms with van der Waals surface area (Å²) in [5.74, 6) is 0.885. The van der Waals surface area contributed by atoms with E-state index in [1.807, 2.05) is 32.9 Å². The zero-order chi connectivity index (χ0) is 16.0. The van der Waals surface area contributed by atoms with Crippen molar-refractivity contribution in [2.45, 2.75) is 47.5 Å². The second-order valence-electron chi connectivity index (χ2n) is 6.18. The van der Waals surface area contributed by atoms with Gasteiger partial charge in [0.25, 0.3) is 0 Å². The molecule has 0 saturated heterocycles. The summed E-state index contributed by atoms with van der Waals surface area (Å²) in [6, 6.07) is 6.03. The Balaban J connectivity index is 2.92. The minimum Gasteiger partial charge on any atom is -0.486 e. The normalized spacial score (nSPS) is 12.3. The molecule has 1 aromatic rings. The molecule has 0 bridgehead atoms. The third-order valence-electron chi connectivity index (χ3n) is 3.59. The van der Waals surface area contributed by atoms with Crippen LogP contribution in [0.1, 0.15) is 52.2 Å². The Labute approximate surface area is 128 Å². The predicted molar refractivity (Wildman–Crippen MR) is 88.2 cm³/mol. The fraction of sp³-hybridized carbons (Fsp3) is 0.500. The SMILES string of the molecule is CC/C(=C\N)c1ccc(OCC(=O)C(C)(C)C)c(CC)c1. The van der Waals surface area contributed by atoms with E-state index in [1.54, 1.807) is 6.20 Å². The van der Waals surface area contributed by atoms with E-state index >= 15 is 0 Å². The maximum absolute atomic E-state index is 12.0. The van der Waals surface area contributed by atoms with Crippen molar-refractivity contribution in [3.63, 3.8) is 0 Å². The van der Waals surface area contributed by atoms with Crippen molar-refractivity contribution in [1.82, 2.24) is 0 Å². The number of benzene rings is 1. The van der Waals surface area contributed by atoms with Gasteiger partial charge in [-0.2, -0.15) is 0 Å². The van der Waals surface area contributed by atoms with E-state index in [0.717, 1.165) is 35.3 Å². The van der Waals surface area contributed by atoms with Gasteiger partial charge in [0.15, 0.2) is 5.78 Å². The lowest BCUT2D eigenvalue weighted by atomic mass is 9.91. The molecule has 21 heavy (non-hydrogen) atoms. The number of hydrogen-bond acceptors (Lipinski definition) is 3. The zero-order valence-electron chi connectivity index (χ0n) is 13.8. The standard InChI is InChI=1S/C18H27NO2/c1-6-13-10-15(14(7-2)11-19)8-9-16(13)21-12-17(20)18(3,4)5/h8-11H,6-7,12,19H2,1-5H3/b14-11+. The smallest absolute Gasteiger partial charge is 0.175 e. The molecule has 0 aliphatic heterocycles. The summed E-state index contributed by atoms with van der Waals surface area (Å²) in [5, 5.41) is 0. The molecule has 0 aromatic heterocycles. The number of allylic oxidation sites excluding steroid dienone is 1. The second-order valence-corrected chi connectivity index (χ2v) is 6.18. The lowest BCUT2D eigenvalue weighted by Crippen LogP contribution is -2.26. The van der Waals surface area contributed by atoms with Gasteiger partial charge >= 0.3 is 0 Å². The monoisotopic (exact) mass is 289 g/mol. The minimum atomic E-state index is -0.371. The van der Waals surface area contributed by atoms with Gasteiger partial charge in [0.05, 0.1) is 0 Å². The summed E-state index contributed by atoms with van der Waals surface area (Å²) in [5.41, 5.74) is 8.61. The van der Waals surface area contributed by atoms with Crippen LogP contribution in [-0.4, -0.2) is 12.4 Å². The second kappa shape index (κ2) is 7.30. The number of aryl methyl sites for hydroxylation is 1. The lowest BCUT2D eigenvalue weighted by Gasteiger charge is -2.18.